The quantitative estimate of drug-likeness (QED) is 0.140. The molecule has 180 valence electrons. The van der Waals surface area contributed by atoms with Gasteiger partial charge >= 0.3 is 0 Å². The topological polar surface area (TPSA) is 18.5 Å². The number of hydrogen-bond acceptors (Lipinski definition) is 2. The molecule has 0 atom stereocenters. The van der Waals surface area contributed by atoms with Gasteiger partial charge in [0.1, 0.15) is 0 Å². The first-order valence-corrected chi connectivity index (χ1v) is 13.9. The molecule has 3 rings (SSSR count). The van der Waals surface area contributed by atoms with Gasteiger partial charge in [-0.3, -0.25) is 0 Å². The molecule has 0 saturated heterocycles. The first-order valence-electron chi connectivity index (χ1n) is 13.2. The average molecular weight is 514 g/mol. The monoisotopic (exact) mass is 512 g/mol. The SMILES string of the molecule is CCCCCCCCOc1c(OCCCCCCCC)c2ccc(Br)cc2c2ccccc12. The van der Waals surface area contributed by atoms with Crippen molar-refractivity contribution < 1.29 is 9.47 Å². The molecule has 0 aliphatic carbocycles. The second kappa shape index (κ2) is 14.5. The Morgan fingerprint density at radius 3 is 1.61 bits per heavy atom. The fourth-order valence-electron chi connectivity index (χ4n) is 4.50. The maximum atomic E-state index is 6.47. The van der Waals surface area contributed by atoms with Gasteiger partial charge in [-0.2, -0.15) is 0 Å². The molecule has 0 saturated carbocycles. The molecular formula is C30H41BrO2. The van der Waals surface area contributed by atoms with Crippen LogP contribution in [0.5, 0.6) is 11.5 Å². The Morgan fingerprint density at radius 2 is 1.03 bits per heavy atom. The Balaban J connectivity index is 1.79. The van der Waals surface area contributed by atoms with E-state index < -0.39 is 0 Å². The highest BCUT2D eigenvalue weighted by Crippen LogP contribution is 2.44. The van der Waals surface area contributed by atoms with Crippen LogP contribution in [0.1, 0.15) is 90.9 Å². The van der Waals surface area contributed by atoms with Gasteiger partial charge < -0.3 is 9.47 Å². The summed E-state index contributed by atoms with van der Waals surface area (Å²) in [5, 5.41) is 4.72. The maximum Gasteiger partial charge on any atom is 0.169 e. The van der Waals surface area contributed by atoms with Gasteiger partial charge in [-0.15, -0.1) is 0 Å². The molecule has 33 heavy (non-hydrogen) atoms. The molecule has 0 bridgehead atoms. The third-order valence-electron chi connectivity index (χ3n) is 6.38. The first-order chi connectivity index (χ1) is 16.3. The number of rotatable bonds is 16. The van der Waals surface area contributed by atoms with E-state index in [0.717, 1.165) is 52.8 Å². The minimum Gasteiger partial charge on any atom is -0.489 e. The lowest BCUT2D eigenvalue weighted by molar-refractivity contribution is 0.263. The third-order valence-corrected chi connectivity index (χ3v) is 6.88. The Bertz CT molecular complexity index is 982. The molecule has 3 heteroatoms. The van der Waals surface area contributed by atoms with Crippen molar-refractivity contribution in [3.8, 4) is 11.5 Å². The summed E-state index contributed by atoms with van der Waals surface area (Å²) in [4.78, 5) is 0. The smallest absolute Gasteiger partial charge is 0.169 e. The van der Waals surface area contributed by atoms with Crippen molar-refractivity contribution in [2.75, 3.05) is 13.2 Å². The summed E-state index contributed by atoms with van der Waals surface area (Å²) in [6.45, 7) is 6.01. The van der Waals surface area contributed by atoms with Gasteiger partial charge in [0.05, 0.1) is 13.2 Å². The van der Waals surface area contributed by atoms with Crippen LogP contribution in [0.15, 0.2) is 46.9 Å². The molecule has 0 unspecified atom stereocenters. The fraction of sp³-hybridized carbons (Fsp3) is 0.533. The zero-order valence-electron chi connectivity index (χ0n) is 20.6. The van der Waals surface area contributed by atoms with Gasteiger partial charge in [-0.1, -0.05) is 118 Å². The molecule has 0 spiro atoms. The van der Waals surface area contributed by atoms with Crippen LogP contribution in [0, 0.1) is 0 Å². The summed E-state index contributed by atoms with van der Waals surface area (Å²) >= 11 is 3.66. The van der Waals surface area contributed by atoms with Crippen molar-refractivity contribution in [3.05, 3.63) is 46.9 Å². The summed E-state index contributed by atoms with van der Waals surface area (Å²) in [5.41, 5.74) is 0. The lowest BCUT2D eigenvalue weighted by atomic mass is 10.00. The van der Waals surface area contributed by atoms with Crippen LogP contribution in [-0.4, -0.2) is 13.2 Å². The summed E-state index contributed by atoms with van der Waals surface area (Å²) < 4.78 is 14.0. The predicted molar refractivity (Wildman–Crippen MR) is 147 cm³/mol. The van der Waals surface area contributed by atoms with Gasteiger partial charge in [0, 0.05) is 15.2 Å². The van der Waals surface area contributed by atoms with Crippen LogP contribution in [0.2, 0.25) is 0 Å². The number of hydrogen-bond donors (Lipinski definition) is 0. The van der Waals surface area contributed by atoms with Crippen LogP contribution in [0.3, 0.4) is 0 Å². The van der Waals surface area contributed by atoms with Crippen LogP contribution in [0.4, 0.5) is 0 Å². The van der Waals surface area contributed by atoms with Gasteiger partial charge in [-0.25, -0.2) is 0 Å². The van der Waals surface area contributed by atoms with Crippen molar-refractivity contribution >= 4 is 37.5 Å². The summed E-state index contributed by atoms with van der Waals surface area (Å²) in [7, 11) is 0. The van der Waals surface area contributed by atoms with E-state index >= 15 is 0 Å². The summed E-state index contributed by atoms with van der Waals surface area (Å²) in [5.74, 6) is 1.83. The van der Waals surface area contributed by atoms with E-state index in [-0.39, 0.29) is 0 Å². The van der Waals surface area contributed by atoms with Crippen molar-refractivity contribution in [1.29, 1.82) is 0 Å². The number of halogens is 1. The Morgan fingerprint density at radius 1 is 0.545 bits per heavy atom. The van der Waals surface area contributed by atoms with Crippen molar-refractivity contribution in [1.82, 2.24) is 0 Å². The lowest BCUT2D eigenvalue weighted by Gasteiger charge is -2.19. The molecule has 0 amide bonds. The molecule has 2 nitrogen and oxygen atoms in total. The zero-order chi connectivity index (χ0) is 23.3. The molecule has 0 fully saturated rings. The van der Waals surface area contributed by atoms with Crippen molar-refractivity contribution in [3.63, 3.8) is 0 Å². The molecule has 0 aromatic heterocycles. The summed E-state index contributed by atoms with van der Waals surface area (Å²) in [6.07, 6.45) is 15.1. The number of ether oxygens (including phenoxy) is 2. The van der Waals surface area contributed by atoms with E-state index in [1.807, 2.05) is 0 Å². The van der Waals surface area contributed by atoms with E-state index in [9.17, 15) is 0 Å². The van der Waals surface area contributed by atoms with Gasteiger partial charge in [0.15, 0.2) is 11.5 Å². The molecule has 0 N–H and O–H groups in total. The Labute approximate surface area is 209 Å². The minimum absolute atomic E-state index is 0.739. The molecule has 0 radical (unpaired) electrons. The van der Waals surface area contributed by atoms with E-state index in [4.69, 9.17) is 9.47 Å². The molecule has 0 heterocycles. The van der Waals surface area contributed by atoms with Crippen molar-refractivity contribution in [2.24, 2.45) is 0 Å². The number of fused-ring (bicyclic) bond motifs is 3. The van der Waals surface area contributed by atoms with Crippen LogP contribution in [-0.2, 0) is 0 Å². The number of unbranched alkanes of at least 4 members (excludes halogenated alkanes) is 10. The van der Waals surface area contributed by atoms with Gasteiger partial charge in [0.25, 0.3) is 0 Å². The van der Waals surface area contributed by atoms with Crippen LogP contribution >= 0.6 is 15.9 Å². The highest BCUT2D eigenvalue weighted by Gasteiger charge is 2.17. The normalized spacial score (nSPS) is 11.4. The van der Waals surface area contributed by atoms with E-state index in [1.54, 1.807) is 0 Å². The molecule has 0 aliphatic rings. The largest absolute Gasteiger partial charge is 0.489 e. The summed E-state index contributed by atoms with van der Waals surface area (Å²) in [6, 6.07) is 15.0. The molecule has 3 aromatic carbocycles. The Kier molecular flexibility index (Phi) is 11.4. The van der Waals surface area contributed by atoms with E-state index in [2.05, 4.69) is 72.2 Å². The van der Waals surface area contributed by atoms with E-state index in [0.29, 0.717) is 0 Å². The van der Waals surface area contributed by atoms with Crippen LogP contribution in [0.25, 0.3) is 21.5 Å². The highest BCUT2D eigenvalue weighted by molar-refractivity contribution is 9.10. The Hall–Kier alpha value is -1.74. The van der Waals surface area contributed by atoms with Crippen LogP contribution < -0.4 is 9.47 Å². The van der Waals surface area contributed by atoms with Crippen molar-refractivity contribution in [2.45, 2.75) is 90.9 Å². The minimum atomic E-state index is 0.739. The first kappa shape index (κ1) is 25.9. The molecule has 3 aromatic rings. The van der Waals surface area contributed by atoms with E-state index in [1.165, 1.54) is 75.0 Å². The number of benzene rings is 3. The van der Waals surface area contributed by atoms with Gasteiger partial charge in [-0.05, 0) is 41.8 Å². The second-order valence-electron chi connectivity index (χ2n) is 9.13. The fourth-order valence-corrected chi connectivity index (χ4v) is 4.86. The average Bonchev–Trinajstić information content (AvgIpc) is 2.83. The molecular weight excluding hydrogens is 472 g/mol. The van der Waals surface area contributed by atoms with Gasteiger partial charge in [0.2, 0.25) is 0 Å². The highest BCUT2D eigenvalue weighted by atomic mass is 79.9. The third kappa shape index (κ3) is 7.64. The second-order valence-corrected chi connectivity index (χ2v) is 10.0. The maximum absolute atomic E-state index is 6.47. The predicted octanol–water partition coefficient (Wildman–Crippen LogP) is 10.2. The zero-order valence-corrected chi connectivity index (χ0v) is 22.2. The standard InChI is InChI=1S/C30H41BrO2/c1-3-5-7-9-11-15-21-32-29-26-18-14-13-17-25(26)28-23-24(31)19-20-27(28)30(29)33-22-16-12-10-8-6-4-2/h13-14,17-20,23H,3-12,15-16,21-22H2,1-2H3. The molecule has 0 aliphatic heterocycles. The lowest BCUT2D eigenvalue weighted by Crippen LogP contribution is -2.04.